The molecular formula is C11H14N5Na2O7PS. The molecule has 0 aliphatic carbocycles. The number of aliphatic hydroxyl groups is 2. The summed E-state index contributed by atoms with van der Waals surface area (Å²) in [4.78, 5) is 33.5. The number of ether oxygens (including phenoxy) is 1. The van der Waals surface area contributed by atoms with E-state index in [0.717, 1.165) is 0 Å². The van der Waals surface area contributed by atoms with Gasteiger partial charge < -0.3 is 39.6 Å². The van der Waals surface area contributed by atoms with E-state index in [1.54, 1.807) is 6.26 Å². The van der Waals surface area contributed by atoms with Gasteiger partial charge in [0.05, 0.1) is 20.8 Å². The minimum atomic E-state index is -5.23. The van der Waals surface area contributed by atoms with Crippen LogP contribution in [0.15, 0.2) is 11.5 Å². The van der Waals surface area contributed by atoms with Gasteiger partial charge >= 0.3 is 59.1 Å². The second-order valence-electron chi connectivity index (χ2n) is 5.21. The number of imidazole rings is 1. The molecule has 1 aliphatic heterocycles. The summed E-state index contributed by atoms with van der Waals surface area (Å²) in [6.45, 7) is -0.723. The third kappa shape index (κ3) is 5.64. The van der Waals surface area contributed by atoms with Crippen LogP contribution in [0.5, 0.6) is 0 Å². The molecule has 1 fully saturated rings. The average molecular weight is 437 g/mol. The van der Waals surface area contributed by atoms with E-state index < -0.39 is 39.0 Å². The zero-order valence-electron chi connectivity index (χ0n) is 14.8. The number of phosphoric acid groups is 1. The molecular weight excluding hydrogens is 423 g/mol. The molecule has 12 nitrogen and oxygen atoms in total. The van der Waals surface area contributed by atoms with Gasteiger partial charge in [0, 0.05) is 0 Å². The first-order chi connectivity index (χ1) is 11.7. The molecule has 0 radical (unpaired) electrons. The SMILES string of the molecule is CSc1nc(N)c2ncn(C3OC(COP(=O)([O-])[O-])C(O)C3O)c2n1.[Na+].[Na+]. The maximum absolute atomic E-state index is 10.6. The van der Waals surface area contributed by atoms with Crippen molar-refractivity contribution in [2.75, 3.05) is 18.6 Å². The van der Waals surface area contributed by atoms with E-state index in [-0.39, 0.29) is 76.1 Å². The first-order valence-corrected chi connectivity index (χ1v) is 9.62. The fourth-order valence-corrected chi connectivity index (χ4v) is 3.15. The molecule has 0 amide bonds. The van der Waals surface area contributed by atoms with E-state index in [4.69, 9.17) is 10.5 Å². The fraction of sp³-hybridized carbons (Fsp3) is 0.545. The third-order valence-electron chi connectivity index (χ3n) is 3.62. The van der Waals surface area contributed by atoms with Crippen molar-refractivity contribution in [1.82, 2.24) is 19.5 Å². The van der Waals surface area contributed by atoms with Crippen molar-refractivity contribution >= 4 is 36.6 Å². The number of thioether (sulfide) groups is 1. The molecule has 1 aliphatic rings. The van der Waals surface area contributed by atoms with Crippen LogP contribution in [0.1, 0.15) is 6.23 Å². The van der Waals surface area contributed by atoms with E-state index in [9.17, 15) is 24.6 Å². The molecule has 0 aromatic carbocycles. The summed E-state index contributed by atoms with van der Waals surface area (Å²) in [5.74, 6) is 0.139. The first kappa shape index (κ1) is 25.7. The van der Waals surface area contributed by atoms with Crippen molar-refractivity contribution in [3.8, 4) is 0 Å². The molecule has 0 bridgehead atoms. The maximum atomic E-state index is 10.6. The number of nitrogens with zero attached hydrogens (tertiary/aromatic N) is 4. The Morgan fingerprint density at radius 3 is 2.63 bits per heavy atom. The van der Waals surface area contributed by atoms with Crippen molar-refractivity contribution in [2.45, 2.75) is 29.7 Å². The number of aliphatic hydroxyl groups excluding tert-OH is 2. The molecule has 3 rings (SSSR count). The van der Waals surface area contributed by atoms with Gasteiger partial charge in [0.25, 0.3) is 0 Å². The molecule has 3 heterocycles. The number of fused-ring (bicyclic) bond motifs is 1. The topological polar surface area (TPSA) is 192 Å². The van der Waals surface area contributed by atoms with Crippen LogP contribution in [0.4, 0.5) is 5.82 Å². The molecule has 2 aromatic heterocycles. The summed E-state index contributed by atoms with van der Waals surface area (Å²) in [6, 6.07) is 0. The van der Waals surface area contributed by atoms with Crippen LogP contribution < -0.4 is 74.6 Å². The standard InChI is InChI=1S/C11H16N5O7PS.2Na/c1-25-11-14-8(12)5-9(15-11)16(3-13-5)10-7(18)6(17)4(23-10)2-22-24(19,20)21;;/h3-4,6-7,10,17-18H,2H2,1H3,(H2,12,14,15)(H2,19,20,21);;/q;2*+1/p-2. The van der Waals surface area contributed by atoms with Crippen LogP contribution in [0.25, 0.3) is 11.2 Å². The van der Waals surface area contributed by atoms with Crippen LogP contribution in [0.2, 0.25) is 0 Å². The summed E-state index contributed by atoms with van der Waals surface area (Å²) in [5.41, 5.74) is 6.37. The molecule has 0 spiro atoms. The Morgan fingerprint density at radius 1 is 1.37 bits per heavy atom. The van der Waals surface area contributed by atoms with E-state index >= 15 is 0 Å². The molecule has 0 saturated carbocycles. The van der Waals surface area contributed by atoms with Crippen molar-refractivity contribution < 1.29 is 92.9 Å². The number of hydrogen-bond acceptors (Lipinski definition) is 12. The minimum Gasteiger partial charge on any atom is -0.790 e. The number of nitrogens with two attached hydrogens (primary N) is 1. The number of phosphoric ester groups is 1. The van der Waals surface area contributed by atoms with Gasteiger partial charge in [-0.3, -0.25) is 4.57 Å². The number of hydrogen-bond donors (Lipinski definition) is 3. The van der Waals surface area contributed by atoms with E-state index in [2.05, 4.69) is 19.5 Å². The Labute approximate surface area is 202 Å². The maximum Gasteiger partial charge on any atom is 1.00 e. The van der Waals surface area contributed by atoms with Crippen molar-refractivity contribution in [2.24, 2.45) is 0 Å². The molecule has 1 saturated heterocycles. The van der Waals surface area contributed by atoms with Gasteiger partial charge in [-0.15, -0.1) is 0 Å². The first-order valence-electron chi connectivity index (χ1n) is 6.93. The molecule has 27 heavy (non-hydrogen) atoms. The van der Waals surface area contributed by atoms with Gasteiger partial charge in [0.1, 0.15) is 23.8 Å². The van der Waals surface area contributed by atoms with Gasteiger partial charge in [-0.1, -0.05) is 11.8 Å². The zero-order chi connectivity index (χ0) is 18.4. The Balaban J connectivity index is 0.00000182. The Morgan fingerprint density at radius 2 is 2.04 bits per heavy atom. The Hall–Kier alpha value is 0.690. The van der Waals surface area contributed by atoms with Gasteiger partial charge in [-0.25, -0.2) is 15.0 Å². The van der Waals surface area contributed by atoms with Crippen LogP contribution in [0, 0.1) is 0 Å². The summed E-state index contributed by atoms with van der Waals surface area (Å²) >= 11 is 1.25. The summed E-state index contributed by atoms with van der Waals surface area (Å²) in [7, 11) is -5.23. The van der Waals surface area contributed by atoms with Gasteiger partial charge in [-0.05, 0) is 6.26 Å². The van der Waals surface area contributed by atoms with Crippen LogP contribution >= 0.6 is 19.6 Å². The van der Waals surface area contributed by atoms with Crippen molar-refractivity contribution in [1.29, 1.82) is 0 Å². The molecule has 4 atom stereocenters. The third-order valence-corrected chi connectivity index (χ3v) is 4.63. The summed E-state index contributed by atoms with van der Waals surface area (Å²) in [5, 5.41) is 20.6. The normalized spacial score (nSPS) is 25.2. The molecule has 16 heteroatoms. The number of anilines is 1. The van der Waals surface area contributed by atoms with Crippen LogP contribution in [-0.4, -0.2) is 60.9 Å². The fourth-order valence-electron chi connectivity index (χ4n) is 2.46. The van der Waals surface area contributed by atoms with E-state index in [1.165, 1.54) is 22.7 Å². The molecule has 138 valence electrons. The second kappa shape index (κ2) is 10.1. The number of rotatable bonds is 5. The van der Waals surface area contributed by atoms with Crippen LogP contribution in [-0.2, 0) is 13.8 Å². The Kier molecular flexibility index (Phi) is 9.66. The van der Waals surface area contributed by atoms with Gasteiger partial charge in [0.2, 0.25) is 0 Å². The largest absolute Gasteiger partial charge is 1.00 e. The summed E-state index contributed by atoms with van der Waals surface area (Å²) < 4.78 is 21.5. The minimum absolute atomic E-state index is 0. The monoisotopic (exact) mass is 437 g/mol. The van der Waals surface area contributed by atoms with E-state index in [0.29, 0.717) is 5.16 Å². The zero-order valence-corrected chi connectivity index (χ0v) is 20.5. The number of aromatic nitrogens is 4. The van der Waals surface area contributed by atoms with E-state index in [1.807, 2.05) is 0 Å². The quantitative estimate of drug-likeness (QED) is 0.173. The molecule has 4 N–H and O–H groups in total. The predicted octanol–water partition coefficient (Wildman–Crippen LogP) is -8.40. The smallest absolute Gasteiger partial charge is 0.790 e. The Bertz CT molecular complexity index is 839. The predicted molar refractivity (Wildman–Crippen MR) is 81.0 cm³/mol. The second-order valence-corrected chi connectivity index (χ2v) is 7.13. The number of nitrogen functional groups attached to an aromatic ring is 1. The molecule has 2 aromatic rings. The van der Waals surface area contributed by atoms with Crippen molar-refractivity contribution in [3.05, 3.63) is 6.33 Å². The van der Waals surface area contributed by atoms with Gasteiger partial charge in [0.15, 0.2) is 22.8 Å². The van der Waals surface area contributed by atoms with Gasteiger partial charge in [-0.2, -0.15) is 0 Å². The van der Waals surface area contributed by atoms with Crippen molar-refractivity contribution in [3.63, 3.8) is 0 Å². The average Bonchev–Trinajstić information content (AvgIpc) is 3.08. The summed E-state index contributed by atoms with van der Waals surface area (Å²) in [6.07, 6.45) is -2.21. The molecule has 4 unspecified atom stereocenters. The van der Waals surface area contributed by atoms with Crippen LogP contribution in [0.3, 0.4) is 0 Å².